The molecule has 21 heavy (non-hydrogen) atoms. The Bertz CT molecular complexity index is 501. The van der Waals surface area contributed by atoms with Gasteiger partial charge in [0, 0.05) is 43.3 Å². The molecule has 1 aliphatic rings. The van der Waals surface area contributed by atoms with E-state index >= 15 is 0 Å². The zero-order valence-electron chi connectivity index (χ0n) is 12.9. The van der Waals surface area contributed by atoms with Gasteiger partial charge in [0.1, 0.15) is 5.60 Å². The molecule has 1 fully saturated rings. The largest absolute Gasteiger partial charge is 0.444 e. The van der Waals surface area contributed by atoms with Gasteiger partial charge in [-0.3, -0.25) is 4.90 Å². The van der Waals surface area contributed by atoms with Gasteiger partial charge in [0.25, 0.3) is 0 Å². The van der Waals surface area contributed by atoms with Gasteiger partial charge in [-0.1, -0.05) is 11.6 Å². The molecule has 118 valence electrons. The number of thiazole rings is 1. The molecule has 0 aliphatic carbocycles. The zero-order valence-corrected chi connectivity index (χ0v) is 14.5. The van der Waals surface area contributed by atoms with Crippen molar-refractivity contribution in [2.45, 2.75) is 45.9 Å². The van der Waals surface area contributed by atoms with Crippen LogP contribution in [0, 0.1) is 0 Å². The van der Waals surface area contributed by atoms with Crippen molar-refractivity contribution in [3.63, 3.8) is 0 Å². The van der Waals surface area contributed by atoms with Crippen LogP contribution in [0.4, 0.5) is 4.79 Å². The van der Waals surface area contributed by atoms with Gasteiger partial charge in [0.15, 0.2) is 4.47 Å². The van der Waals surface area contributed by atoms with Crippen molar-refractivity contribution in [2.75, 3.05) is 19.6 Å². The molecule has 0 aromatic carbocycles. The van der Waals surface area contributed by atoms with Gasteiger partial charge < -0.3 is 9.64 Å². The molecule has 0 saturated carbocycles. The van der Waals surface area contributed by atoms with Gasteiger partial charge >= 0.3 is 6.09 Å². The van der Waals surface area contributed by atoms with E-state index in [1.807, 2.05) is 27.0 Å². The molecule has 7 heteroatoms. The van der Waals surface area contributed by atoms with Gasteiger partial charge in [0.2, 0.25) is 0 Å². The maximum atomic E-state index is 12.2. The number of piperazine rings is 1. The highest BCUT2D eigenvalue weighted by Gasteiger charge is 2.30. The number of hydrogen-bond acceptors (Lipinski definition) is 5. The summed E-state index contributed by atoms with van der Waals surface area (Å²) in [6.07, 6.45) is 1.59. The number of aromatic nitrogens is 1. The van der Waals surface area contributed by atoms with Crippen molar-refractivity contribution in [1.82, 2.24) is 14.8 Å². The molecule has 2 heterocycles. The Kier molecular flexibility index (Phi) is 5.11. The van der Waals surface area contributed by atoms with Crippen LogP contribution in [0.25, 0.3) is 0 Å². The second kappa shape index (κ2) is 6.50. The number of rotatable bonds is 2. The van der Waals surface area contributed by atoms with E-state index in [-0.39, 0.29) is 12.1 Å². The predicted octanol–water partition coefficient (Wildman–Crippen LogP) is 3.24. The summed E-state index contributed by atoms with van der Waals surface area (Å²) in [5.41, 5.74) is -0.451. The summed E-state index contributed by atoms with van der Waals surface area (Å²) >= 11 is 7.36. The molecule has 1 atom stereocenters. The van der Waals surface area contributed by atoms with E-state index in [1.165, 1.54) is 11.3 Å². The minimum absolute atomic E-state index is 0.136. The van der Waals surface area contributed by atoms with Crippen LogP contribution in [0.1, 0.15) is 32.6 Å². The lowest BCUT2D eigenvalue weighted by Crippen LogP contribution is -2.54. The summed E-state index contributed by atoms with van der Waals surface area (Å²) in [4.78, 5) is 21.5. The number of carbonyl (C=O) groups is 1. The lowest BCUT2D eigenvalue weighted by molar-refractivity contribution is 0.000661. The molecular weight excluding hydrogens is 310 g/mol. The topological polar surface area (TPSA) is 45.7 Å². The summed E-state index contributed by atoms with van der Waals surface area (Å²) in [5.74, 6) is 0. The molecule has 1 aliphatic heterocycles. The van der Waals surface area contributed by atoms with E-state index < -0.39 is 5.60 Å². The van der Waals surface area contributed by atoms with E-state index in [2.05, 4.69) is 16.8 Å². The fourth-order valence-corrected chi connectivity index (χ4v) is 3.37. The monoisotopic (exact) mass is 331 g/mol. The van der Waals surface area contributed by atoms with Crippen LogP contribution < -0.4 is 0 Å². The zero-order chi connectivity index (χ0) is 15.6. The highest BCUT2D eigenvalue weighted by molar-refractivity contribution is 7.15. The molecule has 0 spiro atoms. The lowest BCUT2D eigenvalue weighted by atomic mass is 10.2. The van der Waals surface area contributed by atoms with Crippen LogP contribution in [-0.4, -0.2) is 52.2 Å². The summed E-state index contributed by atoms with van der Waals surface area (Å²) in [6.45, 7) is 10.9. The first-order valence-corrected chi connectivity index (χ1v) is 8.26. The third-order valence-electron chi connectivity index (χ3n) is 3.24. The number of carbonyl (C=O) groups excluding carboxylic acids is 1. The highest BCUT2D eigenvalue weighted by Crippen LogP contribution is 2.21. The number of hydrogen-bond donors (Lipinski definition) is 0. The number of amides is 1. The Hall–Kier alpha value is -0.850. The number of nitrogens with zero attached hydrogens (tertiary/aromatic N) is 3. The summed E-state index contributed by atoms with van der Waals surface area (Å²) in [5, 5.41) is 0. The molecule has 2 rings (SSSR count). The van der Waals surface area contributed by atoms with Crippen molar-refractivity contribution in [3.05, 3.63) is 15.5 Å². The van der Waals surface area contributed by atoms with Crippen LogP contribution in [0.5, 0.6) is 0 Å². The summed E-state index contributed by atoms with van der Waals surface area (Å²) in [6, 6.07) is 0.136. The third kappa shape index (κ3) is 4.83. The Morgan fingerprint density at radius 3 is 2.76 bits per heavy atom. The molecule has 5 nitrogen and oxygen atoms in total. The minimum Gasteiger partial charge on any atom is -0.444 e. The number of halogens is 1. The molecule has 0 unspecified atom stereocenters. The van der Waals surface area contributed by atoms with Gasteiger partial charge in [-0.2, -0.15) is 0 Å². The molecule has 1 aromatic heterocycles. The van der Waals surface area contributed by atoms with E-state index in [9.17, 15) is 4.79 Å². The van der Waals surface area contributed by atoms with Gasteiger partial charge in [-0.15, -0.1) is 11.3 Å². The van der Waals surface area contributed by atoms with Crippen molar-refractivity contribution in [1.29, 1.82) is 0 Å². The smallest absolute Gasteiger partial charge is 0.410 e. The Morgan fingerprint density at radius 2 is 2.24 bits per heavy atom. The summed E-state index contributed by atoms with van der Waals surface area (Å²) in [7, 11) is 0. The fraction of sp³-hybridized carbons (Fsp3) is 0.714. The Morgan fingerprint density at radius 1 is 1.52 bits per heavy atom. The molecular formula is C14H22ClN3O2S. The van der Waals surface area contributed by atoms with Crippen LogP contribution in [0.3, 0.4) is 0 Å². The van der Waals surface area contributed by atoms with Gasteiger partial charge in [0.05, 0.1) is 0 Å². The quantitative estimate of drug-likeness (QED) is 0.834. The first kappa shape index (κ1) is 16.5. The first-order chi connectivity index (χ1) is 9.74. The summed E-state index contributed by atoms with van der Waals surface area (Å²) < 4.78 is 6.02. The van der Waals surface area contributed by atoms with Crippen LogP contribution >= 0.6 is 22.9 Å². The SMILES string of the molecule is C[C@H]1CN(Cc2cnc(Cl)s2)CCN1C(=O)OC(C)(C)C. The molecule has 0 radical (unpaired) electrons. The third-order valence-corrected chi connectivity index (χ3v) is 4.34. The van der Waals surface area contributed by atoms with E-state index in [4.69, 9.17) is 16.3 Å². The molecule has 0 N–H and O–H groups in total. The van der Waals surface area contributed by atoms with Crippen LogP contribution in [0.15, 0.2) is 6.20 Å². The maximum Gasteiger partial charge on any atom is 0.410 e. The second-order valence-corrected chi connectivity index (χ2v) is 8.03. The van der Waals surface area contributed by atoms with Crippen molar-refractivity contribution in [2.24, 2.45) is 0 Å². The van der Waals surface area contributed by atoms with Crippen molar-refractivity contribution < 1.29 is 9.53 Å². The van der Waals surface area contributed by atoms with Gasteiger partial charge in [-0.25, -0.2) is 9.78 Å². The highest BCUT2D eigenvalue weighted by atomic mass is 35.5. The van der Waals surface area contributed by atoms with Gasteiger partial charge in [-0.05, 0) is 27.7 Å². The first-order valence-electron chi connectivity index (χ1n) is 7.07. The molecule has 1 saturated heterocycles. The normalized spacial score (nSPS) is 20.6. The standard InChI is InChI=1S/C14H22ClN3O2S/c1-10-8-17(9-11-7-16-12(15)21-11)5-6-18(10)13(19)20-14(2,3)4/h7,10H,5-6,8-9H2,1-4H3/t10-/m0/s1. The predicted molar refractivity (Wildman–Crippen MR) is 84.8 cm³/mol. The minimum atomic E-state index is -0.451. The number of ether oxygens (including phenoxy) is 1. The van der Waals surface area contributed by atoms with E-state index in [0.717, 1.165) is 24.5 Å². The molecule has 1 amide bonds. The average Bonchev–Trinajstić information content (AvgIpc) is 2.72. The fourth-order valence-electron chi connectivity index (χ4n) is 2.35. The lowest BCUT2D eigenvalue weighted by Gasteiger charge is -2.40. The van der Waals surface area contributed by atoms with E-state index in [0.29, 0.717) is 11.0 Å². The average molecular weight is 332 g/mol. The van der Waals surface area contributed by atoms with Crippen molar-refractivity contribution >= 4 is 29.0 Å². The Balaban J connectivity index is 1.88. The maximum absolute atomic E-state index is 12.2. The second-order valence-electron chi connectivity index (χ2n) is 6.34. The molecule has 1 aromatic rings. The van der Waals surface area contributed by atoms with Crippen LogP contribution in [0.2, 0.25) is 4.47 Å². The van der Waals surface area contributed by atoms with Crippen LogP contribution in [-0.2, 0) is 11.3 Å². The Labute approximate surface area is 134 Å². The molecule has 0 bridgehead atoms. The van der Waals surface area contributed by atoms with Crippen molar-refractivity contribution in [3.8, 4) is 0 Å². The van der Waals surface area contributed by atoms with E-state index in [1.54, 1.807) is 4.90 Å².